The van der Waals surface area contributed by atoms with Crippen molar-refractivity contribution in [2.45, 2.75) is 6.92 Å². The van der Waals surface area contributed by atoms with Crippen molar-refractivity contribution in [2.24, 2.45) is 0 Å². The van der Waals surface area contributed by atoms with Gasteiger partial charge in [0.15, 0.2) is 11.5 Å². The van der Waals surface area contributed by atoms with E-state index in [0.29, 0.717) is 28.8 Å². The number of ether oxygens (including phenoxy) is 2. The number of rotatable bonds is 4. The van der Waals surface area contributed by atoms with Crippen LogP contribution in [0.25, 0.3) is 22.8 Å². The number of hydrogen-bond acceptors (Lipinski definition) is 5. The van der Waals surface area contributed by atoms with E-state index in [1.807, 2.05) is 49.4 Å². The minimum Gasteiger partial charge on any atom is -0.493 e. The monoisotopic (exact) mass is 296 g/mol. The van der Waals surface area contributed by atoms with E-state index in [2.05, 4.69) is 10.1 Å². The lowest BCUT2D eigenvalue weighted by Crippen LogP contribution is -1.93. The Morgan fingerprint density at radius 1 is 0.955 bits per heavy atom. The standard InChI is InChI=1S/C17H16N2O3/c1-11-7-9-12(10-8-11)16-18-17(22-19-16)13-5-4-6-14(20-2)15(13)21-3/h4-10H,1-3H3. The molecule has 0 N–H and O–H groups in total. The molecule has 0 aliphatic heterocycles. The van der Waals surface area contributed by atoms with E-state index in [0.717, 1.165) is 5.56 Å². The van der Waals surface area contributed by atoms with Crippen molar-refractivity contribution in [2.75, 3.05) is 14.2 Å². The van der Waals surface area contributed by atoms with Crippen molar-refractivity contribution < 1.29 is 14.0 Å². The van der Waals surface area contributed by atoms with Crippen LogP contribution in [0.3, 0.4) is 0 Å². The molecule has 2 aromatic carbocycles. The third-order valence-electron chi connectivity index (χ3n) is 3.37. The molecule has 3 rings (SSSR count). The predicted octanol–water partition coefficient (Wildman–Crippen LogP) is 3.73. The van der Waals surface area contributed by atoms with Crippen LogP contribution in [0.5, 0.6) is 11.5 Å². The molecule has 0 saturated carbocycles. The maximum atomic E-state index is 5.40. The molecule has 1 heterocycles. The summed E-state index contributed by atoms with van der Waals surface area (Å²) in [6.45, 7) is 2.03. The smallest absolute Gasteiger partial charge is 0.262 e. The maximum Gasteiger partial charge on any atom is 0.262 e. The van der Waals surface area contributed by atoms with E-state index >= 15 is 0 Å². The highest BCUT2D eigenvalue weighted by Crippen LogP contribution is 2.37. The molecule has 0 aliphatic carbocycles. The number of aryl methyl sites for hydroxylation is 1. The summed E-state index contributed by atoms with van der Waals surface area (Å²) in [4.78, 5) is 4.45. The number of aromatic nitrogens is 2. The number of hydrogen-bond donors (Lipinski definition) is 0. The lowest BCUT2D eigenvalue weighted by atomic mass is 10.1. The summed E-state index contributed by atoms with van der Waals surface area (Å²) in [5, 5.41) is 4.04. The molecule has 0 atom stereocenters. The molecule has 0 amide bonds. The minimum atomic E-state index is 0.395. The van der Waals surface area contributed by atoms with Crippen molar-refractivity contribution in [3.8, 4) is 34.3 Å². The first-order valence-corrected chi connectivity index (χ1v) is 6.85. The zero-order valence-electron chi connectivity index (χ0n) is 12.7. The normalized spacial score (nSPS) is 10.5. The van der Waals surface area contributed by atoms with E-state index in [4.69, 9.17) is 14.0 Å². The summed E-state index contributed by atoms with van der Waals surface area (Å²) in [5.74, 6) is 2.13. The first-order chi connectivity index (χ1) is 10.7. The van der Waals surface area contributed by atoms with Gasteiger partial charge in [-0.25, -0.2) is 0 Å². The van der Waals surface area contributed by atoms with Gasteiger partial charge in [-0.15, -0.1) is 0 Å². The minimum absolute atomic E-state index is 0.395. The lowest BCUT2D eigenvalue weighted by Gasteiger charge is -2.09. The maximum absolute atomic E-state index is 5.40. The SMILES string of the molecule is COc1cccc(-c2nc(-c3ccc(C)cc3)no2)c1OC. The molecule has 0 bridgehead atoms. The van der Waals surface area contributed by atoms with Gasteiger partial charge in [-0.05, 0) is 19.1 Å². The van der Waals surface area contributed by atoms with Gasteiger partial charge in [0.2, 0.25) is 5.82 Å². The first-order valence-electron chi connectivity index (χ1n) is 6.85. The van der Waals surface area contributed by atoms with Crippen LogP contribution in [0, 0.1) is 6.92 Å². The molecule has 5 nitrogen and oxygen atoms in total. The van der Waals surface area contributed by atoms with Gasteiger partial charge in [-0.3, -0.25) is 0 Å². The highest BCUT2D eigenvalue weighted by molar-refractivity contribution is 5.69. The van der Waals surface area contributed by atoms with Crippen LogP contribution < -0.4 is 9.47 Å². The van der Waals surface area contributed by atoms with Gasteiger partial charge in [-0.2, -0.15) is 4.98 Å². The topological polar surface area (TPSA) is 57.4 Å². The Kier molecular flexibility index (Phi) is 3.78. The van der Waals surface area contributed by atoms with E-state index < -0.39 is 0 Å². The van der Waals surface area contributed by atoms with E-state index in [-0.39, 0.29) is 0 Å². The Hall–Kier alpha value is -2.82. The Morgan fingerprint density at radius 2 is 1.73 bits per heavy atom. The van der Waals surface area contributed by atoms with Crippen LogP contribution in [0.2, 0.25) is 0 Å². The van der Waals surface area contributed by atoms with Crippen LogP contribution in [-0.2, 0) is 0 Å². The van der Waals surface area contributed by atoms with E-state index in [1.165, 1.54) is 5.56 Å². The van der Waals surface area contributed by atoms with Crippen molar-refractivity contribution in [1.82, 2.24) is 10.1 Å². The quantitative estimate of drug-likeness (QED) is 0.734. The Labute approximate surface area is 128 Å². The van der Waals surface area contributed by atoms with Crippen LogP contribution in [0.1, 0.15) is 5.56 Å². The largest absolute Gasteiger partial charge is 0.493 e. The number of para-hydroxylation sites is 1. The van der Waals surface area contributed by atoms with Crippen molar-refractivity contribution >= 4 is 0 Å². The van der Waals surface area contributed by atoms with Gasteiger partial charge >= 0.3 is 0 Å². The summed E-state index contributed by atoms with van der Waals surface area (Å²) in [7, 11) is 3.17. The molecule has 0 fully saturated rings. The van der Waals surface area contributed by atoms with Gasteiger partial charge in [0.25, 0.3) is 5.89 Å². The van der Waals surface area contributed by atoms with Crippen LogP contribution >= 0.6 is 0 Å². The third kappa shape index (κ3) is 2.53. The summed E-state index contributed by atoms with van der Waals surface area (Å²) in [6.07, 6.45) is 0. The molecule has 0 spiro atoms. The second-order valence-corrected chi connectivity index (χ2v) is 4.83. The molecule has 3 aromatic rings. The molecule has 0 radical (unpaired) electrons. The highest BCUT2D eigenvalue weighted by Gasteiger charge is 2.17. The van der Waals surface area contributed by atoms with Crippen molar-refractivity contribution in [3.63, 3.8) is 0 Å². The highest BCUT2D eigenvalue weighted by atomic mass is 16.5. The summed E-state index contributed by atoms with van der Waals surface area (Å²) >= 11 is 0. The van der Waals surface area contributed by atoms with Crippen LogP contribution in [0.15, 0.2) is 47.0 Å². The third-order valence-corrected chi connectivity index (χ3v) is 3.37. The fourth-order valence-electron chi connectivity index (χ4n) is 2.21. The summed E-state index contributed by atoms with van der Waals surface area (Å²) in [6, 6.07) is 13.5. The van der Waals surface area contributed by atoms with Gasteiger partial charge in [0.05, 0.1) is 19.8 Å². The van der Waals surface area contributed by atoms with Crippen LogP contribution in [0.4, 0.5) is 0 Å². The molecule has 0 aliphatic rings. The second-order valence-electron chi connectivity index (χ2n) is 4.83. The van der Waals surface area contributed by atoms with Gasteiger partial charge < -0.3 is 14.0 Å². The Bertz CT molecular complexity index is 779. The molecule has 0 saturated heterocycles. The molecule has 1 aromatic heterocycles. The van der Waals surface area contributed by atoms with Gasteiger partial charge in [0.1, 0.15) is 0 Å². The van der Waals surface area contributed by atoms with Crippen molar-refractivity contribution in [1.29, 1.82) is 0 Å². The average molecular weight is 296 g/mol. The summed E-state index contributed by atoms with van der Waals surface area (Å²) in [5.41, 5.74) is 2.79. The predicted molar refractivity (Wildman–Crippen MR) is 83.0 cm³/mol. The van der Waals surface area contributed by atoms with Crippen molar-refractivity contribution in [3.05, 3.63) is 48.0 Å². The van der Waals surface area contributed by atoms with Gasteiger partial charge in [0, 0.05) is 5.56 Å². The van der Waals surface area contributed by atoms with Gasteiger partial charge in [-0.1, -0.05) is 41.1 Å². The molecule has 5 heteroatoms. The Balaban J connectivity index is 2.02. The second kappa shape index (κ2) is 5.89. The Morgan fingerprint density at radius 3 is 2.41 bits per heavy atom. The summed E-state index contributed by atoms with van der Waals surface area (Å²) < 4.78 is 16.1. The number of nitrogens with zero attached hydrogens (tertiary/aromatic N) is 2. The van der Waals surface area contributed by atoms with Crippen LogP contribution in [-0.4, -0.2) is 24.4 Å². The zero-order valence-corrected chi connectivity index (χ0v) is 12.7. The number of methoxy groups -OCH3 is 2. The molecular weight excluding hydrogens is 280 g/mol. The molecule has 0 unspecified atom stereocenters. The molecular formula is C17H16N2O3. The molecule has 112 valence electrons. The fourth-order valence-corrected chi connectivity index (χ4v) is 2.21. The average Bonchev–Trinajstić information content (AvgIpc) is 3.04. The fraction of sp³-hybridized carbons (Fsp3) is 0.176. The lowest BCUT2D eigenvalue weighted by molar-refractivity contribution is 0.353. The first kappa shape index (κ1) is 14.1. The number of benzene rings is 2. The van der Waals surface area contributed by atoms with E-state index in [9.17, 15) is 0 Å². The van der Waals surface area contributed by atoms with E-state index in [1.54, 1.807) is 14.2 Å². The zero-order chi connectivity index (χ0) is 15.5. The molecule has 22 heavy (non-hydrogen) atoms.